The molecule has 0 N–H and O–H groups in total. The Morgan fingerprint density at radius 2 is 0.865 bits per heavy atom. The molecule has 52 heavy (non-hydrogen) atoms. The van der Waals surface area contributed by atoms with Gasteiger partial charge in [0.2, 0.25) is 0 Å². The lowest BCUT2D eigenvalue weighted by atomic mass is 9.96. The number of benzene rings is 6. The Kier molecular flexibility index (Phi) is 7.91. The standard InChI is InChI=1S/C40H22N2O10/c43-37-31-17-13-28(21-34(31)39(45)49-37)41(47)51-30-15-10-24(11-16-30)23-6-8-25(9-7-23)27-12-19-36(33(20-27)26-4-2-1-3-5-26)52-42(48)29-14-18-32-35(22-29)40(46)50-38(32)44/h1-22H/q-2. The van der Waals surface area contributed by atoms with E-state index < -0.39 is 23.9 Å². The number of anilines is 2. The summed E-state index contributed by atoms with van der Waals surface area (Å²) in [5.41, 5.74) is 5.19. The number of esters is 4. The van der Waals surface area contributed by atoms with Crippen molar-refractivity contribution >= 4 is 35.3 Å². The molecule has 0 saturated heterocycles. The van der Waals surface area contributed by atoms with Gasteiger partial charge in [0.25, 0.3) is 0 Å². The first-order chi connectivity index (χ1) is 25.2. The zero-order valence-corrected chi connectivity index (χ0v) is 26.7. The number of ether oxygens (including phenoxy) is 2. The molecule has 0 spiro atoms. The van der Waals surface area contributed by atoms with Crippen molar-refractivity contribution < 1.29 is 38.3 Å². The lowest BCUT2D eigenvalue weighted by Crippen LogP contribution is -2.20. The van der Waals surface area contributed by atoms with Gasteiger partial charge in [-0.3, -0.25) is 10.5 Å². The van der Waals surface area contributed by atoms with Crippen LogP contribution in [0.2, 0.25) is 0 Å². The van der Waals surface area contributed by atoms with Gasteiger partial charge in [-0.15, -0.1) is 0 Å². The molecule has 0 radical (unpaired) electrons. The SMILES string of the molecule is O=C1OC(=O)c2cc(N([O-])Oc3ccc(-c4ccc(-c5ccc(ON([O-])c6ccc7c(c6)C(=O)OC7=O)c(-c6ccccc6)c5)cc4)cc3)ccc21. The predicted octanol–water partition coefficient (Wildman–Crippen LogP) is 7.91. The van der Waals surface area contributed by atoms with E-state index in [0.717, 1.165) is 27.8 Å². The topological polar surface area (TPSA) is 158 Å². The average molecular weight is 691 g/mol. The highest BCUT2D eigenvalue weighted by atomic mass is 16.9. The predicted molar refractivity (Wildman–Crippen MR) is 188 cm³/mol. The molecule has 2 aliphatic heterocycles. The van der Waals surface area contributed by atoms with Crippen molar-refractivity contribution in [3.05, 3.63) is 166 Å². The van der Waals surface area contributed by atoms with Gasteiger partial charge in [-0.1, -0.05) is 72.8 Å². The molecule has 8 rings (SSSR count). The maximum Gasteiger partial charge on any atom is 0.346 e. The van der Waals surface area contributed by atoms with E-state index in [1.807, 2.05) is 66.7 Å². The first kappa shape index (κ1) is 32.0. The molecule has 6 aromatic carbocycles. The second-order valence-electron chi connectivity index (χ2n) is 11.7. The van der Waals surface area contributed by atoms with Gasteiger partial charge in [-0.2, -0.15) is 0 Å². The third kappa shape index (κ3) is 5.96. The summed E-state index contributed by atoms with van der Waals surface area (Å²) in [6.45, 7) is 0. The summed E-state index contributed by atoms with van der Waals surface area (Å²) in [6, 6.07) is 37.5. The van der Waals surface area contributed by atoms with Crippen LogP contribution in [0.1, 0.15) is 41.4 Å². The van der Waals surface area contributed by atoms with E-state index in [2.05, 4.69) is 9.47 Å². The highest BCUT2D eigenvalue weighted by Gasteiger charge is 2.31. The second-order valence-corrected chi connectivity index (χ2v) is 11.7. The van der Waals surface area contributed by atoms with Crippen molar-refractivity contribution in [1.29, 1.82) is 0 Å². The maximum atomic E-state index is 13.1. The molecule has 0 unspecified atom stereocenters. The number of rotatable bonds is 9. The molecule has 0 amide bonds. The molecule has 0 fully saturated rings. The van der Waals surface area contributed by atoms with E-state index in [9.17, 15) is 29.6 Å². The number of fused-ring (bicyclic) bond motifs is 2. The van der Waals surface area contributed by atoms with Crippen molar-refractivity contribution in [2.45, 2.75) is 0 Å². The van der Waals surface area contributed by atoms with Crippen LogP contribution in [0.25, 0.3) is 33.4 Å². The number of hydrogen-bond donors (Lipinski definition) is 0. The molecule has 0 aromatic heterocycles. The minimum atomic E-state index is -0.823. The molecule has 0 atom stereocenters. The van der Waals surface area contributed by atoms with Gasteiger partial charge in [-0.05, 0) is 88.5 Å². The van der Waals surface area contributed by atoms with Crippen molar-refractivity contribution in [2.75, 3.05) is 10.5 Å². The summed E-state index contributed by atoms with van der Waals surface area (Å²) in [5.74, 6) is -2.63. The molecule has 6 aromatic rings. The van der Waals surface area contributed by atoms with Crippen LogP contribution in [0.3, 0.4) is 0 Å². The van der Waals surface area contributed by atoms with Gasteiger partial charge < -0.3 is 29.6 Å². The molecule has 2 aliphatic rings. The van der Waals surface area contributed by atoms with E-state index in [0.29, 0.717) is 5.56 Å². The van der Waals surface area contributed by atoms with E-state index in [4.69, 9.17) is 9.68 Å². The fourth-order valence-corrected chi connectivity index (χ4v) is 5.86. The summed E-state index contributed by atoms with van der Waals surface area (Å²) >= 11 is 0. The van der Waals surface area contributed by atoms with Gasteiger partial charge in [0.15, 0.2) is 11.5 Å². The van der Waals surface area contributed by atoms with E-state index in [1.54, 1.807) is 30.3 Å². The van der Waals surface area contributed by atoms with Gasteiger partial charge in [0.05, 0.1) is 33.6 Å². The Balaban J connectivity index is 0.992. The number of carbonyl (C=O) groups excluding carboxylic acids is 4. The van der Waals surface area contributed by atoms with Gasteiger partial charge in [0, 0.05) is 5.56 Å². The van der Waals surface area contributed by atoms with Crippen molar-refractivity contribution in [3.8, 4) is 44.9 Å². The molecule has 0 bridgehead atoms. The highest BCUT2D eigenvalue weighted by molar-refractivity contribution is 6.15. The number of hydrogen-bond acceptors (Lipinski definition) is 12. The maximum absolute atomic E-state index is 13.1. The fourth-order valence-electron chi connectivity index (χ4n) is 5.86. The van der Waals surface area contributed by atoms with Crippen molar-refractivity contribution in [2.24, 2.45) is 0 Å². The molecule has 0 saturated carbocycles. The van der Waals surface area contributed by atoms with Crippen LogP contribution in [0, 0.1) is 10.4 Å². The second kappa shape index (κ2) is 12.9. The minimum absolute atomic E-state index is 0.00208. The molecule has 2 heterocycles. The minimum Gasteiger partial charge on any atom is -0.724 e. The van der Waals surface area contributed by atoms with Gasteiger partial charge in [-0.25, -0.2) is 19.2 Å². The van der Waals surface area contributed by atoms with Gasteiger partial charge in [0.1, 0.15) is 0 Å². The van der Waals surface area contributed by atoms with E-state index in [1.165, 1.54) is 36.4 Å². The summed E-state index contributed by atoms with van der Waals surface area (Å²) in [7, 11) is 0. The fraction of sp³-hybridized carbons (Fsp3) is 0. The zero-order valence-electron chi connectivity index (χ0n) is 26.7. The number of nitrogens with zero attached hydrogens (tertiary/aromatic N) is 2. The smallest absolute Gasteiger partial charge is 0.346 e. The molecule has 12 heteroatoms. The Bertz CT molecular complexity index is 2410. The Labute approximate surface area is 294 Å². The van der Waals surface area contributed by atoms with Crippen LogP contribution in [0.4, 0.5) is 11.4 Å². The Morgan fingerprint density at radius 3 is 1.42 bits per heavy atom. The van der Waals surface area contributed by atoms with Crippen molar-refractivity contribution in [3.63, 3.8) is 0 Å². The van der Waals surface area contributed by atoms with Crippen LogP contribution in [0.15, 0.2) is 133 Å². The van der Waals surface area contributed by atoms with Crippen molar-refractivity contribution in [1.82, 2.24) is 0 Å². The third-order valence-electron chi connectivity index (χ3n) is 8.52. The van der Waals surface area contributed by atoms with Gasteiger partial charge >= 0.3 is 23.9 Å². The highest BCUT2D eigenvalue weighted by Crippen LogP contribution is 2.37. The monoisotopic (exact) mass is 690 g/mol. The zero-order chi connectivity index (χ0) is 35.9. The normalized spacial score (nSPS) is 12.9. The molecule has 0 aliphatic carbocycles. The quantitative estimate of drug-likeness (QED) is 0.0821. The van der Waals surface area contributed by atoms with Crippen LogP contribution in [0.5, 0.6) is 11.5 Å². The first-order valence-electron chi connectivity index (χ1n) is 15.7. The van der Waals surface area contributed by atoms with Crippen LogP contribution >= 0.6 is 0 Å². The largest absolute Gasteiger partial charge is 0.724 e. The summed E-state index contributed by atoms with van der Waals surface area (Å²) in [4.78, 5) is 58.5. The lowest BCUT2D eigenvalue weighted by Gasteiger charge is -2.30. The molecule has 12 nitrogen and oxygen atoms in total. The Hall–Kier alpha value is -7.28. The van der Waals surface area contributed by atoms with E-state index in [-0.39, 0.29) is 55.6 Å². The van der Waals surface area contributed by atoms with Crippen LogP contribution in [-0.4, -0.2) is 23.9 Å². The van der Waals surface area contributed by atoms with Crippen LogP contribution < -0.4 is 20.1 Å². The van der Waals surface area contributed by atoms with Crippen LogP contribution in [-0.2, 0) is 9.47 Å². The molecular weight excluding hydrogens is 668 g/mol. The van der Waals surface area contributed by atoms with E-state index >= 15 is 0 Å². The lowest BCUT2D eigenvalue weighted by molar-refractivity contribution is 0.0425. The number of cyclic esters (lactones) is 4. The third-order valence-corrected chi connectivity index (χ3v) is 8.52. The first-order valence-corrected chi connectivity index (χ1v) is 15.7. The average Bonchev–Trinajstić information content (AvgIpc) is 3.63. The summed E-state index contributed by atoms with van der Waals surface area (Å²) < 4.78 is 9.19. The summed E-state index contributed by atoms with van der Waals surface area (Å²) in [6.07, 6.45) is 0. The molecular formula is C40H22N2O10-2. The molecule has 254 valence electrons. The number of carbonyl (C=O) groups is 4. The Morgan fingerprint density at radius 1 is 0.404 bits per heavy atom. The summed E-state index contributed by atoms with van der Waals surface area (Å²) in [5, 5.41) is 26.3.